The van der Waals surface area contributed by atoms with Gasteiger partial charge in [0.1, 0.15) is 4.90 Å². The van der Waals surface area contributed by atoms with Crippen molar-refractivity contribution in [1.82, 2.24) is 9.29 Å². The smallest absolute Gasteiger partial charge is 0.310 e. The summed E-state index contributed by atoms with van der Waals surface area (Å²) in [5.74, 6) is -0.855. The molecule has 0 aliphatic carbocycles. The maximum absolute atomic E-state index is 12.6. The third-order valence-electron chi connectivity index (χ3n) is 3.67. The number of nitrogens with zero attached hydrogens (tertiary/aromatic N) is 3. The molecule has 2 rings (SSSR count). The van der Waals surface area contributed by atoms with Gasteiger partial charge in [-0.3, -0.25) is 9.78 Å². The first-order valence-electron chi connectivity index (χ1n) is 7.49. The second-order valence-corrected chi connectivity index (χ2v) is 7.26. The van der Waals surface area contributed by atoms with Crippen LogP contribution in [0.1, 0.15) is 25.7 Å². The van der Waals surface area contributed by atoms with E-state index in [1.807, 2.05) is 6.07 Å². The lowest BCUT2D eigenvalue weighted by Crippen LogP contribution is -2.42. The van der Waals surface area contributed by atoms with Crippen molar-refractivity contribution in [3.63, 3.8) is 0 Å². The van der Waals surface area contributed by atoms with Gasteiger partial charge in [0, 0.05) is 31.9 Å². The molecular formula is C15H19N3O4S. The summed E-state index contributed by atoms with van der Waals surface area (Å²) in [4.78, 5) is 16.0. The van der Waals surface area contributed by atoms with Crippen molar-refractivity contribution in [2.24, 2.45) is 5.92 Å². The quantitative estimate of drug-likeness (QED) is 0.573. The van der Waals surface area contributed by atoms with Gasteiger partial charge in [0.15, 0.2) is 0 Å². The van der Waals surface area contributed by atoms with Crippen molar-refractivity contribution in [3.8, 4) is 6.07 Å². The molecule has 124 valence electrons. The normalized spacial score (nSPS) is 19.0. The van der Waals surface area contributed by atoms with Crippen LogP contribution in [0.15, 0.2) is 29.4 Å². The second-order valence-electron chi connectivity index (χ2n) is 5.32. The summed E-state index contributed by atoms with van der Waals surface area (Å²) >= 11 is 0. The number of carbonyl (C=O) groups is 1. The minimum absolute atomic E-state index is 0.119. The van der Waals surface area contributed by atoms with E-state index < -0.39 is 21.9 Å². The Bertz CT molecular complexity index is 670. The summed E-state index contributed by atoms with van der Waals surface area (Å²) in [6, 6.07) is 5.04. The topological polar surface area (TPSA) is 100 Å². The lowest BCUT2D eigenvalue weighted by Gasteiger charge is -2.30. The standard InChI is InChI=1S/C15H19N3O4S/c16-7-1-2-10-22-15(19)13-5-4-9-18(12-13)23(20,21)14-6-3-8-17-11-14/h3,6,8,11,13H,1-2,4-5,9-10,12H2/t13-/m0/s1. The maximum Gasteiger partial charge on any atom is 0.310 e. The fourth-order valence-electron chi connectivity index (χ4n) is 2.44. The highest BCUT2D eigenvalue weighted by atomic mass is 32.2. The lowest BCUT2D eigenvalue weighted by atomic mass is 10.00. The van der Waals surface area contributed by atoms with E-state index in [1.165, 1.54) is 22.8 Å². The van der Waals surface area contributed by atoms with Gasteiger partial charge in [0.05, 0.1) is 18.6 Å². The van der Waals surface area contributed by atoms with Gasteiger partial charge in [-0.1, -0.05) is 0 Å². The highest BCUT2D eigenvalue weighted by Crippen LogP contribution is 2.24. The van der Waals surface area contributed by atoms with Crippen LogP contribution < -0.4 is 0 Å². The highest BCUT2D eigenvalue weighted by molar-refractivity contribution is 7.89. The highest BCUT2D eigenvalue weighted by Gasteiger charge is 2.34. The van der Waals surface area contributed by atoms with Crippen LogP contribution in [0.3, 0.4) is 0 Å². The molecular weight excluding hydrogens is 318 g/mol. The molecule has 0 bridgehead atoms. The number of pyridine rings is 1. The van der Waals surface area contributed by atoms with E-state index in [0.29, 0.717) is 32.2 Å². The number of hydrogen-bond donors (Lipinski definition) is 0. The number of esters is 1. The molecule has 1 aliphatic rings. The minimum Gasteiger partial charge on any atom is -0.465 e. The first-order valence-corrected chi connectivity index (χ1v) is 8.93. The molecule has 8 heteroatoms. The predicted molar refractivity (Wildman–Crippen MR) is 81.5 cm³/mol. The zero-order chi connectivity index (χ0) is 16.7. The molecule has 2 heterocycles. The molecule has 1 aliphatic heterocycles. The number of rotatable bonds is 6. The predicted octanol–water partition coefficient (Wildman–Crippen LogP) is 1.33. The molecule has 1 aromatic heterocycles. The van der Waals surface area contributed by atoms with E-state index >= 15 is 0 Å². The maximum atomic E-state index is 12.6. The Morgan fingerprint density at radius 1 is 1.52 bits per heavy atom. The third kappa shape index (κ3) is 4.50. The average Bonchev–Trinajstić information content (AvgIpc) is 2.59. The number of piperidine rings is 1. The molecule has 0 spiro atoms. The van der Waals surface area contributed by atoms with Crippen molar-refractivity contribution < 1.29 is 17.9 Å². The number of nitriles is 1. The van der Waals surface area contributed by atoms with Crippen molar-refractivity contribution in [3.05, 3.63) is 24.5 Å². The molecule has 1 saturated heterocycles. The van der Waals surface area contributed by atoms with E-state index in [-0.39, 0.29) is 18.0 Å². The summed E-state index contributed by atoms with van der Waals surface area (Å²) in [7, 11) is -3.64. The van der Waals surface area contributed by atoms with Crippen LogP contribution in [0, 0.1) is 17.2 Å². The van der Waals surface area contributed by atoms with E-state index in [2.05, 4.69) is 4.98 Å². The third-order valence-corrected chi connectivity index (χ3v) is 5.52. The van der Waals surface area contributed by atoms with Gasteiger partial charge in [0.25, 0.3) is 0 Å². The number of carbonyl (C=O) groups excluding carboxylic acids is 1. The van der Waals surface area contributed by atoms with Crippen LogP contribution >= 0.6 is 0 Å². The van der Waals surface area contributed by atoms with Crippen molar-refractivity contribution >= 4 is 16.0 Å². The number of sulfonamides is 1. The summed E-state index contributed by atoms with van der Waals surface area (Å²) in [6.45, 7) is 0.696. The minimum atomic E-state index is -3.64. The summed E-state index contributed by atoms with van der Waals surface area (Å²) in [5, 5.41) is 8.44. The van der Waals surface area contributed by atoms with Gasteiger partial charge in [0.2, 0.25) is 10.0 Å². The van der Waals surface area contributed by atoms with Crippen molar-refractivity contribution in [2.75, 3.05) is 19.7 Å². The summed E-state index contributed by atoms with van der Waals surface area (Å²) < 4.78 is 31.5. The molecule has 0 saturated carbocycles. The second kappa shape index (κ2) is 8.04. The van der Waals surface area contributed by atoms with Crippen LogP contribution in [-0.4, -0.2) is 43.4 Å². The zero-order valence-corrected chi connectivity index (χ0v) is 13.5. The van der Waals surface area contributed by atoms with Crippen molar-refractivity contribution in [1.29, 1.82) is 5.26 Å². The summed E-state index contributed by atoms with van der Waals surface area (Å²) in [5.41, 5.74) is 0. The molecule has 7 nitrogen and oxygen atoms in total. The number of hydrogen-bond acceptors (Lipinski definition) is 6. The van der Waals surface area contributed by atoms with E-state index in [1.54, 1.807) is 6.07 Å². The first kappa shape index (κ1) is 17.4. The Hall–Kier alpha value is -1.98. The average molecular weight is 337 g/mol. The summed E-state index contributed by atoms with van der Waals surface area (Å²) in [6.07, 6.45) is 4.86. The number of ether oxygens (including phenoxy) is 1. The van der Waals surface area contributed by atoms with Gasteiger partial charge in [-0.2, -0.15) is 9.57 Å². The van der Waals surface area contributed by atoms with Gasteiger partial charge in [-0.15, -0.1) is 0 Å². The fraction of sp³-hybridized carbons (Fsp3) is 0.533. The molecule has 0 radical (unpaired) electrons. The Kier molecular flexibility index (Phi) is 6.07. The van der Waals surface area contributed by atoms with Gasteiger partial charge in [-0.05, 0) is 31.4 Å². The SMILES string of the molecule is N#CCCCOC(=O)[C@H]1CCCN(S(=O)(=O)c2cccnc2)C1. The monoisotopic (exact) mass is 337 g/mol. The molecule has 23 heavy (non-hydrogen) atoms. The molecule has 0 aromatic carbocycles. The molecule has 1 fully saturated rings. The molecule has 0 N–H and O–H groups in total. The number of unbranched alkanes of at least 4 members (excludes halogenated alkanes) is 1. The Balaban J connectivity index is 1.98. The number of aromatic nitrogens is 1. The van der Waals surface area contributed by atoms with Gasteiger partial charge < -0.3 is 4.74 Å². The Morgan fingerprint density at radius 2 is 2.35 bits per heavy atom. The van der Waals surface area contributed by atoms with E-state index in [0.717, 1.165) is 0 Å². The largest absolute Gasteiger partial charge is 0.465 e. The van der Waals surface area contributed by atoms with E-state index in [9.17, 15) is 13.2 Å². The molecule has 1 aromatic rings. The first-order chi connectivity index (χ1) is 11.1. The lowest BCUT2D eigenvalue weighted by molar-refractivity contribution is -0.149. The van der Waals surface area contributed by atoms with Crippen LogP contribution in [0.25, 0.3) is 0 Å². The Labute approximate surface area is 135 Å². The van der Waals surface area contributed by atoms with Gasteiger partial charge in [-0.25, -0.2) is 8.42 Å². The van der Waals surface area contributed by atoms with Crippen molar-refractivity contribution in [2.45, 2.75) is 30.6 Å². The fourth-order valence-corrected chi connectivity index (χ4v) is 3.93. The van der Waals surface area contributed by atoms with E-state index in [4.69, 9.17) is 10.00 Å². The van der Waals surface area contributed by atoms with Crippen LogP contribution in [0.4, 0.5) is 0 Å². The molecule has 1 atom stereocenters. The zero-order valence-electron chi connectivity index (χ0n) is 12.7. The molecule has 0 unspecified atom stereocenters. The van der Waals surface area contributed by atoms with Gasteiger partial charge >= 0.3 is 5.97 Å². The van der Waals surface area contributed by atoms with Crippen LogP contribution in [0.5, 0.6) is 0 Å². The van der Waals surface area contributed by atoms with Crippen LogP contribution in [-0.2, 0) is 19.6 Å². The molecule has 0 amide bonds. The Morgan fingerprint density at radius 3 is 3.04 bits per heavy atom. The van der Waals surface area contributed by atoms with Crippen LogP contribution in [0.2, 0.25) is 0 Å².